The lowest BCUT2D eigenvalue weighted by atomic mass is 10.0. The van der Waals surface area contributed by atoms with Crippen LogP contribution in [0.3, 0.4) is 0 Å². The van der Waals surface area contributed by atoms with Crippen molar-refractivity contribution in [2.24, 2.45) is 0 Å². The highest BCUT2D eigenvalue weighted by Gasteiger charge is 2.17. The van der Waals surface area contributed by atoms with Gasteiger partial charge in [0.25, 0.3) is 0 Å². The summed E-state index contributed by atoms with van der Waals surface area (Å²) in [6.07, 6.45) is 0. The van der Waals surface area contributed by atoms with Gasteiger partial charge in [-0.2, -0.15) is 0 Å². The number of para-hydroxylation sites is 2. The first kappa shape index (κ1) is 31.6. The summed E-state index contributed by atoms with van der Waals surface area (Å²) in [6.45, 7) is 0. The first-order valence-corrected chi connectivity index (χ1v) is 19.6. The zero-order valence-corrected chi connectivity index (χ0v) is 30.7. The van der Waals surface area contributed by atoms with E-state index in [1.807, 2.05) is 11.3 Å². The Hall–Kier alpha value is -6.94. The Morgan fingerprint density at radius 3 is 1.60 bits per heavy atom. The van der Waals surface area contributed by atoms with Crippen LogP contribution in [0.4, 0.5) is 17.1 Å². The van der Waals surface area contributed by atoms with E-state index in [9.17, 15) is 0 Å². The average molecular weight is 719 g/mol. The number of hydrogen-bond acceptors (Lipinski definition) is 2. The normalized spacial score (nSPS) is 11.6. The highest BCUT2D eigenvalue weighted by molar-refractivity contribution is 7.26. The van der Waals surface area contributed by atoms with Gasteiger partial charge in [0, 0.05) is 53.7 Å². The van der Waals surface area contributed by atoms with E-state index in [1.54, 1.807) is 0 Å². The number of hydrogen-bond donors (Lipinski definition) is 0. The SMILES string of the molecule is c1ccc(-c2ccc(N(c3ccc(-c4cccc(-n5c6ccccc6c6ccccc65)c4)cc3)c3ccc4c(c3)sc3c5ccccc5ccc43)cc2)cc1. The van der Waals surface area contributed by atoms with Gasteiger partial charge in [0.2, 0.25) is 0 Å². The molecular weight excluding hydrogens is 685 g/mol. The number of rotatable bonds is 6. The van der Waals surface area contributed by atoms with Crippen molar-refractivity contribution in [2.45, 2.75) is 0 Å². The Morgan fingerprint density at radius 2 is 0.891 bits per heavy atom. The van der Waals surface area contributed by atoms with Gasteiger partial charge in [0.05, 0.1) is 11.0 Å². The van der Waals surface area contributed by atoms with Crippen molar-refractivity contribution >= 4 is 81.1 Å². The molecule has 0 fully saturated rings. The lowest BCUT2D eigenvalue weighted by molar-refractivity contribution is 1.18. The second-order valence-electron chi connectivity index (χ2n) is 14.2. The molecule has 2 heterocycles. The third kappa shape index (κ3) is 5.32. The van der Waals surface area contributed by atoms with Crippen LogP contribution in [-0.4, -0.2) is 4.57 Å². The molecule has 2 aromatic heterocycles. The molecule has 9 aromatic carbocycles. The summed E-state index contributed by atoms with van der Waals surface area (Å²) < 4.78 is 5.01. The predicted molar refractivity (Wildman–Crippen MR) is 237 cm³/mol. The Kier molecular flexibility index (Phi) is 7.39. The Labute approximate surface area is 323 Å². The van der Waals surface area contributed by atoms with E-state index in [0.29, 0.717) is 0 Å². The molecule has 2 nitrogen and oxygen atoms in total. The summed E-state index contributed by atoms with van der Waals surface area (Å²) >= 11 is 1.89. The highest BCUT2D eigenvalue weighted by Crippen LogP contribution is 2.43. The van der Waals surface area contributed by atoms with Crippen molar-refractivity contribution in [3.63, 3.8) is 0 Å². The van der Waals surface area contributed by atoms with Crippen LogP contribution < -0.4 is 4.90 Å². The standard InChI is InChI=1S/C52H34N2S/c1-2-11-35(12-3-1)36-21-26-40(27-22-36)53(43-30-32-47-48-31-25-38-13-4-5-16-44(38)52(48)55-51(47)34-43)41-28-23-37(24-29-41)39-14-10-15-42(33-39)54-49-19-8-6-17-45(49)46-18-7-9-20-50(46)54/h1-34H. The van der Waals surface area contributed by atoms with Crippen LogP contribution in [-0.2, 0) is 0 Å². The number of thiophene rings is 1. The summed E-state index contributed by atoms with van der Waals surface area (Å²) in [5, 5.41) is 7.75. The largest absolute Gasteiger partial charge is 0.310 e. The van der Waals surface area contributed by atoms with Crippen LogP contribution in [0.1, 0.15) is 0 Å². The molecule has 55 heavy (non-hydrogen) atoms. The van der Waals surface area contributed by atoms with Gasteiger partial charge in [-0.15, -0.1) is 11.3 Å². The van der Waals surface area contributed by atoms with Crippen molar-refractivity contribution in [3.05, 3.63) is 206 Å². The van der Waals surface area contributed by atoms with Gasteiger partial charge in [-0.25, -0.2) is 0 Å². The molecule has 0 aliphatic rings. The van der Waals surface area contributed by atoms with Gasteiger partial charge < -0.3 is 9.47 Å². The molecule has 0 saturated heterocycles. The molecule has 11 aromatic rings. The highest BCUT2D eigenvalue weighted by atomic mass is 32.1. The zero-order chi connectivity index (χ0) is 36.3. The maximum absolute atomic E-state index is 2.39. The van der Waals surface area contributed by atoms with Gasteiger partial charge >= 0.3 is 0 Å². The third-order valence-corrected chi connectivity index (χ3v) is 12.2. The first-order valence-electron chi connectivity index (χ1n) is 18.8. The van der Waals surface area contributed by atoms with Crippen molar-refractivity contribution < 1.29 is 0 Å². The monoisotopic (exact) mass is 718 g/mol. The quantitative estimate of drug-likeness (QED) is 0.166. The van der Waals surface area contributed by atoms with Crippen LogP contribution in [0, 0.1) is 0 Å². The lowest BCUT2D eigenvalue weighted by Gasteiger charge is -2.26. The number of anilines is 3. The van der Waals surface area contributed by atoms with E-state index < -0.39 is 0 Å². The minimum atomic E-state index is 1.11. The zero-order valence-electron chi connectivity index (χ0n) is 29.9. The predicted octanol–water partition coefficient (Wildman–Crippen LogP) is 15.1. The van der Waals surface area contributed by atoms with Crippen molar-refractivity contribution in [1.82, 2.24) is 4.57 Å². The van der Waals surface area contributed by atoms with Crippen molar-refractivity contribution in [1.29, 1.82) is 0 Å². The van der Waals surface area contributed by atoms with Crippen LogP contribution in [0.15, 0.2) is 206 Å². The van der Waals surface area contributed by atoms with E-state index in [4.69, 9.17) is 0 Å². The van der Waals surface area contributed by atoms with E-state index in [-0.39, 0.29) is 0 Å². The molecule has 0 N–H and O–H groups in total. The van der Waals surface area contributed by atoms with E-state index >= 15 is 0 Å². The Morgan fingerprint density at radius 1 is 0.345 bits per heavy atom. The minimum absolute atomic E-state index is 1.11. The molecule has 0 aliphatic heterocycles. The maximum Gasteiger partial charge on any atom is 0.0541 e. The molecule has 0 saturated carbocycles. The molecule has 0 unspecified atom stereocenters. The third-order valence-electron chi connectivity index (χ3n) is 11.0. The fraction of sp³-hybridized carbons (Fsp3) is 0. The van der Waals surface area contributed by atoms with E-state index in [2.05, 4.69) is 216 Å². The van der Waals surface area contributed by atoms with Crippen LogP contribution in [0.5, 0.6) is 0 Å². The summed E-state index contributed by atoms with van der Waals surface area (Å²) in [5.74, 6) is 0. The Balaban J connectivity index is 1.01. The molecule has 258 valence electrons. The minimum Gasteiger partial charge on any atom is -0.310 e. The molecule has 0 bridgehead atoms. The molecule has 3 heteroatoms. The van der Waals surface area contributed by atoms with Gasteiger partial charge in [0.15, 0.2) is 0 Å². The van der Waals surface area contributed by atoms with E-state index in [1.165, 1.54) is 75.0 Å². The summed E-state index contributed by atoms with van der Waals surface area (Å²) in [7, 11) is 0. The van der Waals surface area contributed by atoms with Gasteiger partial charge in [-0.3, -0.25) is 0 Å². The topological polar surface area (TPSA) is 8.17 Å². The summed E-state index contributed by atoms with van der Waals surface area (Å²) in [5.41, 5.74) is 11.7. The molecule has 0 spiro atoms. The summed E-state index contributed by atoms with van der Waals surface area (Å²) in [4.78, 5) is 2.38. The second kappa shape index (κ2) is 12.9. The summed E-state index contributed by atoms with van der Waals surface area (Å²) in [6, 6.07) is 75.1. The molecule has 11 rings (SSSR count). The second-order valence-corrected chi connectivity index (χ2v) is 15.2. The molecular formula is C52H34N2S. The van der Waals surface area contributed by atoms with Gasteiger partial charge in [-0.1, -0.05) is 146 Å². The van der Waals surface area contributed by atoms with Gasteiger partial charge in [-0.05, 0) is 93.7 Å². The van der Waals surface area contributed by atoms with Crippen molar-refractivity contribution in [2.75, 3.05) is 4.90 Å². The Bertz CT molecular complexity index is 3140. The van der Waals surface area contributed by atoms with Crippen LogP contribution >= 0.6 is 11.3 Å². The van der Waals surface area contributed by atoms with Gasteiger partial charge in [0.1, 0.15) is 0 Å². The maximum atomic E-state index is 2.39. The smallest absolute Gasteiger partial charge is 0.0541 e. The number of nitrogens with zero attached hydrogens (tertiary/aromatic N) is 2. The first-order chi connectivity index (χ1) is 27.3. The fourth-order valence-corrected chi connectivity index (χ4v) is 9.61. The lowest BCUT2D eigenvalue weighted by Crippen LogP contribution is -2.09. The molecule has 0 radical (unpaired) electrons. The number of aromatic nitrogens is 1. The molecule has 0 aliphatic carbocycles. The number of benzene rings is 9. The fourth-order valence-electron chi connectivity index (χ4n) is 8.34. The van der Waals surface area contributed by atoms with Crippen LogP contribution in [0.2, 0.25) is 0 Å². The average Bonchev–Trinajstić information content (AvgIpc) is 3.81. The molecule has 0 atom stereocenters. The van der Waals surface area contributed by atoms with E-state index in [0.717, 1.165) is 22.7 Å². The molecule has 0 amide bonds. The number of fused-ring (bicyclic) bond motifs is 8. The van der Waals surface area contributed by atoms with Crippen molar-refractivity contribution in [3.8, 4) is 27.9 Å². The van der Waals surface area contributed by atoms with Crippen LogP contribution in [0.25, 0.3) is 80.7 Å².